The highest BCUT2D eigenvalue weighted by molar-refractivity contribution is 6.32. The summed E-state index contributed by atoms with van der Waals surface area (Å²) >= 11 is 6.34. The number of carbonyl (C=O) groups is 1. The molecule has 2 unspecified atom stereocenters. The number of hydrogen-bond acceptors (Lipinski definition) is 5. The number of nitrogens with one attached hydrogen (secondary N) is 2. The number of halogens is 1. The molecular formula is C25H29ClN2O3. The largest absolute Gasteiger partial charge is 0.503 e. The van der Waals surface area contributed by atoms with Gasteiger partial charge in [0.2, 0.25) is 0 Å². The van der Waals surface area contributed by atoms with Gasteiger partial charge in [-0.05, 0) is 67.1 Å². The Morgan fingerprint density at radius 3 is 2.52 bits per heavy atom. The van der Waals surface area contributed by atoms with Gasteiger partial charge in [-0.15, -0.1) is 0 Å². The van der Waals surface area contributed by atoms with Crippen LogP contribution in [0.25, 0.3) is 0 Å². The number of phenols is 1. The number of Topliss-reactive ketones (excluding diaryl/α,β-unsaturated/α-hetero) is 1. The standard InChI is InChI=1S/C25H29ClN2O3/c1-6-31-21-10-15(9-16(26)24(21)30)23-22-19(11-25(4,5)12-20(22)29)27-17-7-13(2)14(3)8-18(17)28-23/h7-11,22-23,27-28,30H,6,12H2,1-5H3. The molecule has 4 rings (SSSR count). The van der Waals surface area contributed by atoms with E-state index in [1.807, 2.05) is 6.92 Å². The van der Waals surface area contributed by atoms with Gasteiger partial charge in [-0.1, -0.05) is 31.5 Å². The third-order valence-electron chi connectivity index (χ3n) is 6.12. The van der Waals surface area contributed by atoms with E-state index in [2.05, 4.69) is 56.5 Å². The minimum atomic E-state index is -0.406. The van der Waals surface area contributed by atoms with Crippen molar-refractivity contribution in [2.45, 2.75) is 47.1 Å². The van der Waals surface area contributed by atoms with Crippen LogP contribution < -0.4 is 15.4 Å². The van der Waals surface area contributed by atoms with Gasteiger partial charge >= 0.3 is 0 Å². The third-order valence-corrected chi connectivity index (χ3v) is 6.41. The molecule has 2 atom stereocenters. The van der Waals surface area contributed by atoms with E-state index < -0.39 is 5.92 Å². The van der Waals surface area contributed by atoms with E-state index in [0.717, 1.165) is 28.2 Å². The molecule has 1 aliphatic heterocycles. The molecule has 1 heterocycles. The molecule has 0 bridgehead atoms. The molecule has 0 radical (unpaired) electrons. The van der Waals surface area contributed by atoms with Gasteiger partial charge in [-0.2, -0.15) is 0 Å². The lowest BCUT2D eigenvalue weighted by Gasteiger charge is -2.35. The summed E-state index contributed by atoms with van der Waals surface area (Å²) < 4.78 is 5.60. The van der Waals surface area contributed by atoms with Gasteiger partial charge in [0, 0.05) is 12.1 Å². The highest BCUT2D eigenvalue weighted by atomic mass is 35.5. The molecule has 0 amide bonds. The normalized spacial score (nSPS) is 21.7. The second kappa shape index (κ2) is 7.79. The molecule has 2 aromatic rings. The molecule has 5 nitrogen and oxygen atoms in total. The Labute approximate surface area is 188 Å². The number of anilines is 2. The van der Waals surface area contributed by atoms with Crippen LogP contribution in [0.5, 0.6) is 11.5 Å². The molecule has 2 aromatic carbocycles. The topological polar surface area (TPSA) is 70.6 Å². The van der Waals surface area contributed by atoms with Gasteiger partial charge in [0.1, 0.15) is 5.78 Å². The second-order valence-electron chi connectivity index (χ2n) is 9.22. The molecule has 0 saturated carbocycles. The molecule has 1 aliphatic carbocycles. The van der Waals surface area contributed by atoms with E-state index in [4.69, 9.17) is 16.3 Å². The Bertz CT molecular complexity index is 1090. The van der Waals surface area contributed by atoms with Gasteiger partial charge in [-0.3, -0.25) is 4.79 Å². The highest BCUT2D eigenvalue weighted by Gasteiger charge is 2.42. The van der Waals surface area contributed by atoms with Gasteiger partial charge in [0.15, 0.2) is 11.5 Å². The molecular weight excluding hydrogens is 412 g/mol. The summed E-state index contributed by atoms with van der Waals surface area (Å²) in [5.41, 5.74) is 5.67. The van der Waals surface area contributed by atoms with E-state index in [9.17, 15) is 9.90 Å². The number of ether oxygens (including phenoxy) is 1. The zero-order chi connectivity index (χ0) is 22.5. The Balaban J connectivity index is 1.91. The van der Waals surface area contributed by atoms with Gasteiger partial charge < -0.3 is 20.5 Å². The van der Waals surface area contributed by atoms with Crippen molar-refractivity contribution in [3.8, 4) is 11.5 Å². The number of fused-ring (bicyclic) bond motifs is 2. The fourth-order valence-electron chi connectivity index (χ4n) is 4.53. The lowest BCUT2D eigenvalue weighted by atomic mass is 9.72. The number of allylic oxidation sites excluding steroid dienone is 1. The summed E-state index contributed by atoms with van der Waals surface area (Å²) in [5, 5.41) is 17.7. The summed E-state index contributed by atoms with van der Waals surface area (Å²) in [4.78, 5) is 13.4. The number of aromatic hydroxyl groups is 1. The van der Waals surface area contributed by atoms with Crippen molar-refractivity contribution in [2.75, 3.05) is 17.2 Å². The summed E-state index contributed by atoms with van der Waals surface area (Å²) in [5.74, 6) is -0.0109. The minimum absolute atomic E-state index is 0.0854. The van der Waals surface area contributed by atoms with Gasteiger partial charge in [0.05, 0.1) is 35.0 Å². The zero-order valence-corrected chi connectivity index (χ0v) is 19.4. The maximum Gasteiger partial charge on any atom is 0.176 e. The molecule has 0 saturated heterocycles. The third kappa shape index (κ3) is 3.99. The van der Waals surface area contributed by atoms with Crippen LogP contribution in [0.4, 0.5) is 11.4 Å². The van der Waals surface area contributed by atoms with Crippen molar-refractivity contribution in [3.05, 3.63) is 57.8 Å². The number of ketones is 1. The fourth-order valence-corrected chi connectivity index (χ4v) is 4.75. The predicted molar refractivity (Wildman–Crippen MR) is 125 cm³/mol. The molecule has 0 aromatic heterocycles. The van der Waals surface area contributed by atoms with Crippen molar-refractivity contribution < 1.29 is 14.6 Å². The lowest BCUT2D eigenvalue weighted by Crippen LogP contribution is -2.36. The van der Waals surface area contributed by atoms with E-state index >= 15 is 0 Å². The quantitative estimate of drug-likeness (QED) is 0.534. The molecule has 0 spiro atoms. The Kier molecular flexibility index (Phi) is 5.42. The van der Waals surface area contributed by atoms with Crippen molar-refractivity contribution >= 4 is 28.8 Å². The maximum absolute atomic E-state index is 13.4. The van der Waals surface area contributed by atoms with Crippen molar-refractivity contribution in [1.82, 2.24) is 0 Å². The zero-order valence-electron chi connectivity index (χ0n) is 18.6. The van der Waals surface area contributed by atoms with Crippen LogP contribution in [-0.2, 0) is 4.79 Å². The van der Waals surface area contributed by atoms with Crippen molar-refractivity contribution in [3.63, 3.8) is 0 Å². The number of aryl methyl sites for hydroxylation is 2. The monoisotopic (exact) mass is 440 g/mol. The van der Waals surface area contributed by atoms with E-state index in [1.165, 1.54) is 5.56 Å². The SMILES string of the molecule is CCOc1cc(C2Nc3cc(C)c(C)cc3NC3=CC(C)(C)CC(=O)C32)cc(Cl)c1O. The number of carbonyl (C=O) groups excluding carboxylic acids is 1. The van der Waals surface area contributed by atoms with Crippen LogP contribution in [0.3, 0.4) is 0 Å². The average Bonchev–Trinajstić information content (AvgIpc) is 2.81. The fraction of sp³-hybridized carbons (Fsp3) is 0.400. The van der Waals surface area contributed by atoms with Crippen LogP contribution in [0.2, 0.25) is 5.02 Å². The first-order chi connectivity index (χ1) is 14.6. The number of benzene rings is 2. The Hall–Kier alpha value is -2.66. The summed E-state index contributed by atoms with van der Waals surface area (Å²) in [6, 6.07) is 7.35. The first-order valence-electron chi connectivity index (χ1n) is 10.6. The highest BCUT2D eigenvalue weighted by Crippen LogP contribution is 2.47. The van der Waals surface area contributed by atoms with E-state index in [-0.39, 0.29) is 28.0 Å². The summed E-state index contributed by atoms with van der Waals surface area (Å²) in [6.07, 6.45) is 2.63. The summed E-state index contributed by atoms with van der Waals surface area (Å²) in [6.45, 7) is 10.6. The number of phenolic OH excluding ortho intramolecular Hbond substituents is 1. The van der Waals surface area contributed by atoms with E-state index in [0.29, 0.717) is 18.8 Å². The summed E-state index contributed by atoms with van der Waals surface area (Å²) in [7, 11) is 0. The Morgan fingerprint density at radius 1 is 1.16 bits per heavy atom. The van der Waals surface area contributed by atoms with Crippen LogP contribution in [0, 0.1) is 25.2 Å². The maximum atomic E-state index is 13.4. The van der Waals surface area contributed by atoms with Crippen LogP contribution in [-0.4, -0.2) is 17.5 Å². The average molecular weight is 441 g/mol. The van der Waals surface area contributed by atoms with E-state index in [1.54, 1.807) is 12.1 Å². The van der Waals surface area contributed by atoms with Gasteiger partial charge in [0.25, 0.3) is 0 Å². The molecule has 0 fully saturated rings. The predicted octanol–water partition coefficient (Wildman–Crippen LogP) is 6.14. The molecule has 164 valence electrons. The van der Waals surface area contributed by atoms with Crippen molar-refractivity contribution in [2.24, 2.45) is 11.3 Å². The Morgan fingerprint density at radius 2 is 1.84 bits per heavy atom. The first-order valence-corrected chi connectivity index (χ1v) is 11.0. The van der Waals surface area contributed by atoms with Gasteiger partial charge in [-0.25, -0.2) is 0 Å². The molecule has 2 aliphatic rings. The van der Waals surface area contributed by atoms with Crippen LogP contribution in [0.1, 0.15) is 49.9 Å². The minimum Gasteiger partial charge on any atom is -0.503 e. The van der Waals surface area contributed by atoms with Crippen molar-refractivity contribution in [1.29, 1.82) is 0 Å². The molecule has 3 N–H and O–H groups in total. The number of rotatable bonds is 3. The molecule has 31 heavy (non-hydrogen) atoms. The smallest absolute Gasteiger partial charge is 0.176 e. The molecule has 6 heteroatoms. The number of hydrogen-bond donors (Lipinski definition) is 3. The first kappa shape index (κ1) is 21.6. The van der Waals surface area contributed by atoms with Crippen LogP contribution >= 0.6 is 11.6 Å². The lowest BCUT2D eigenvalue weighted by molar-refractivity contribution is -0.124. The van der Waals surface area contributed by atoms with Crippen LogP contribution in [0.15, 0.2) is 36.0 Å². The second-order valence-corrected chi connectivity index (χ2v) is 9.63.